The number of fused-ring (bicyclic) bond motifs is 3. The van der Waals surface area contributed by atoms with Gasteiger partial charge in [0.2, 0.25) is 0 Å². The van der Waals surface area contributed by atoms with E-state index in [0.717, 1.165) is 50.7 Å². The predicted octanol–water partition coefficient (Wildman–Crippen LogP) is 7.50. The molecule has 0 bridgehead atoms. The molecule has 0 saturated heterocycles. The normalized spacial score (nSPS) is 44.0. The molecule has 4 rings (SSSR count). The van der Waals surface area contributed by atoms with Gasteiger partial charge in [0.25, 0.3) is 0 Å². The third-order valence-corrected chi connectivity index (χ3v) is 12.8. The van der Waals surface area contributed by atoms with Crippen molar-refractivity contribution in [1.82, 2.24) is 0 Å². The number of carbonyl (C=O) groups is 2. The summed E-state index contributed by atoms with van der Waals surface area (Å²) < 4.78 is 5.45. The number of rotatable bonds is 4. The fraction of sp³-hybridized carbons (Fsp3) is 0.818. The number of ketones is 1. The number of esters is 1. The van der Waals surface area contributed by atoms with Crippen molar-refractivity contribution in [2.45, 2.75) is 113 Å². The molecule has 4 aliphatic carbocycles. The van der Waals surface area contributed by atoms with Gasteiger partial charge in [-0.05, 0) is 97.2 Å². The molecule has 0 radical (unpaired) electrons. The summed E-state index contributed by atoms with van der Waals surface area (Å²) in [5.74, 6) is 0.292. The van der Waals surface area contributed by atoms with Crippen LogP contribution in [-0.2, 0) is 14.3 Å². The van der Waals surface area contributed by atoms with Crippen LogP contribution in [0.4, 0.5) is 0 Å². The SMILES string of the molecule is COC(=O)[C@]1(CC[C@]2(C)CC(=NO)C[C@@H]3[C@@]4(C)C=C(C#N)C(=O)C(C)(C)[C@@H]4CC[C@]32C)CCC(C)(C)CC1C. The Kier molecular flexibility index (Phi) is 7.23. The van der Waals surface area contributed by atoms with Crippen LogP contribution in [0.3, 0.4) is 0 Å². The third kappa shape index (κ3) is 4.29. The monoisotopic (exact) mass is 538 g/mol. The van der Waals surface area contributed by atoms with Gasteiger partial charge in [-0.1, -0.05) is 66.6 Å². The zero-order valence-electron chi connectivity index (χ0n) is 25.7. The van der Waals surface area contributed by atoms with E-state index in [9.17, 15) is 20.1 Å². The van der Waals surface area contributed by atoms with Crippen LogP contribution in [0.25, 0.3) is 0 Å². The highest BCUT2D eigenvalue weighted by Gasteiger charge is 2.66. The predicted molar refractivity (Wildman–Crippen MR) is 152 cm³/mol. The average Bonchev–Trinajstić information content (AvgIpc) is 2.86. The first kappa shape index (κ1) is 29.8. The Balaban J connectivity index is 1.76. The van der Waals surface area contributed by atoms with Crippen LogP contribution < -0.4 is 0 Å². The highest BCUT2D eigenvalue weighted by Crippen LogP contribution is 2.71. The molecule has 6 nitrogen and oxygen atoms in total. The van der Waals surface area contributed by atoms with Crippen molar-refractivity contribution in [3.8, 4) is 6.07 Å². The number of allylic oxidation sites excluding steroid dienone is 2. The molecule has 1 N–H and O–H groups in total. The number of nitrogens with zero attached hydrogens (tertiary/aromatic N) is 2. The summed E-state index contributed by atoms with van der Waals surface area (Å²) in [6, 6.07) is 2.21. The van der Waals surface area contributed by atoms with Crippen molar-refractivity contribution < 1.29 is 19.5 Å². The van der Waals surface area contributed by atoms with Crippen LogP contribution in [0.15, 0.2) is 16.8 Å². The first-order valence-corrected chi connectivity index (χ1v) is 14.9. The Morgan fingerprint density at radius 1 is 1.10 bits per heavy atom. The highest BCUT2D eigenvalue weighted by molar-refractivity contribution is 6.04. The molecular formula is C33H50N2O4. The van der Waals surface area contributed by atoms with Crippen LogP contribution in [0, 0.1) is 61.6 Å². The second-order valence-corrected chi connectivity index (χ2v) is 15.7. The zero-order valence-corrected chi connectivity index (χ0v) is 25.7. The van der Waals surface area contributed by atoms with Crippen LogP contribution in [0.1, 0.15) is 113 Å². The van der Waals surface area contributed by atoms with Gasteiger partial charge in [0, 0.05) is 5.41 Å². The first-order chi connectivity index (χ1) is 18.0. The molecule has 6 heteroatoms. The standard InChI is InChI=1S/C33H50N2O4/c1-21-17-28(2,3)12-14-33(21,27(37)39-9)15-13-30(6)19-23(35-38)16-25-31(7)18-22(20-34)26(36)29(4,5)24(31)10-11-32(25,30)8/h18,21,24-25,38H,10-17,19H2,1-9H3/t21?,24-,25+,30+,31-,32+,33-/m0/s1. The molecule has 39 heavy (non-hydrogen) atoms. The number of ether oxygens (including phenoxy) is 1. The van der Waals surface area contributed by atoms with Gasteiger partial charge >= 0.3 is 5.97 Å². The Bertz CT molecular complexity index is 1140. The van der Waals surface area contributed by atoms with Gasteiger partial charge < -0.3 is 9.94 Å². The Morgan fingerprint density at radius 3 is 2.33 bits per heavy atom. The smallest absolute Gasteiger partial charge is 0.312 e. The van der Waals surface area contributed by atoms with Crippen molar-refractivity contribution >= 4 is 17.5 Å². The molecule has 4 aliphatic rings. The van der Waals surface area contributed by atoms with Crippen LogP contribution in [0.2, 0.25) is 0 Å². The van der Waals surface area contributed by atoms with Gasteiger partial charge in [0.05, 0.1) is 23.8 Å². The number of hydrogen-bond acceptors (Lipinski definition) is 6. The third-order valence-electron chi connectivity index (χ3n) is 12.8. The molecule has 0 aromatic rings. The average molecular weight is 539 g/mol. The van der Waals surface area contributed by atoms with Crippen molar-refractivity contribution in [3.63, 3.8) is 0 Å². The molecule has 3 fully saturated rings. The lowest BCUT2D eigenvalue weighted by Gasteiger charge is -2.67. The van der Waals surface area contributed by atoms with E-state index in [4.69, 9.17) is 4.74 Å². The summed E-state index contributed by atoms with van der Waals surface area (Å²) in [5.41, 5.74) is -0.590. The molecule has 1 unspecified atom stereocenters. The number of carbonyl (C=O) groups excluding carboxylic acids is 2. The van der Waals surface area contributed by atoms with E-state index in [1.165, 1.54) is 7.11 Å². The first-order valence-electron chi connectivity index (χ1n) is 14.9. The molecule has 0 aliphatic heterocycles. The minimum Gasteiger partial charge on any atom is -0.469 e. The van der Waals surface area contributed by atoms with E-state index < -0.39 is 10.8 Å². The van der Waals surface area contributed by atoms with E-state index in [-0.39, 0.29) is 56.7 Å². The molecule has 7 atom stereocenters. The lowest BCUT2D eigenvalue weighted by molar-refractivity contribution is -0.167. The summed E-state index contributed by atoms with van der Waals surface area (Å²) >= 11 is 0. The van der Waals surface area contributed by atoms with Crippen molar-refractivity contribution in [2.75, 3.05) is 7.11 Å². The Morgan fingerprint density at radius 2 is 1.77 bits per heavy atom. The van der Waals surface area contributed by atoms with Gasteiger partial charge in [-0.3, -0.25) is 9.59 Å². The lowest BCUT2D eigenvalue weighted by Crippen LogP contribution is -2.62. The van der Waals surface area contributed by atoms with Crippen molar-refractivity contribution in [1.29, 1.82) is 5.26 Å². The van der Waals surface area contributed by atoms with Crippen LogP contribution >= 0.6 is 0 Å². The minimum absolute atomic E-state index is 0.0556. The van der Waals surface area contributed by atoms with Crippen molar-refractivity contribution in [2.24, 2.45) is 55.4 Å². The fourth-order valence-electron chi connectivity index (χ4n) is 10.2. The van der Waals surface area contributed by atoms with Gasteiger partial charge in [-0.15, -0.1) is 0 Å². The molecule has 216 valence electrons. The molecule has 3 saturated carbocycles. The molecular weight excluding hydrogens is 488 g/mol. The zero-order chi connectivity index (χ0) is 29.2. The van der Waals surface area contributed by atoms with E-state index >= 15 is 0 Å². The van der Waals surface area contributed by atoms with Crippen LogP contribution in [0.5, 0.6) is 0 Å². The fourth-order valence-corrected chi connectivity index (χ4v) is 10.2. The molecule has 0 aromatic heterocycles. The summed E-state index contributed by atoms with van der Waals surface area (Å²) in [5, 5.41) is 23.8. The Hall–Kier alpha value is -2.16. The summed E-state index contributed by atoms with van der Waals surface area (Å²) in [4.78, 5) is 26.7. The van der Waals surface area contributed by atoms with Gasteiger partial charge in [0.15, 0.2) is 5.78 Å². The number of methoxy groups -OCH3 is 1. The van der Waals surface area contributed by atoms with Gasteiger partial charge in [-0.25, -0.2) is 0 Å². The minimum atomic E-state index is -0.625. The summed E-state index contributed by atoms with van der Waals surface area (Å²) in [6.45, 7) is 17.7. The maximum absolute atomic E-state index is 13.4. The van der Waals surface area contributed by atoms with Crippen molar-refractivity contribution in [3.05, 3.63) is 11.6 Å². The maximum Gasteiger partial charge on any atom is 0.312 e. The quantitative estimate of drug-likeness (QED) is 0.227. The lowest BCUT2D eigenvalue weighted by atomic mass is 9.37. The molecule has 0 aromatic carbocycles. The van der Waals surface area contributed by atoms with E-state index in [2.05, 4.69) is 52.8 Å². The molecule has 0 spiro atoms. The topological polar surface area (TPSA) is 99.8 Å². The number of oxime groups is 1. The second-order valence-electron chi connectivity index (χ2n) is 15.7. The maximum atomic E-state index is 13.4. The second kappa shape index (κ2) is 9.45. The summed E-state index contributed by atoms with van der Waals surface area (Å²) in [7, 11) is 1.51. The van der Waals surface area contributed by atoms with Crippen LogP contribution in [-0.4, -0.2) is 29.8 Å². The number of hydrogen-bond donors (Lipinski definition) is 1. The Labute approximate surface area is 235 Å². The van der Waals surface area contributed by atoms with Gasteiger partial charge in [0.1, 0.15) is 6.07 Å². The highest BCUT2D eigenvalue weighted by atomic mass is 16.5. The van der Waals surface area contributed by atoms with E-state index in [0.29, 0.717) is 12.8 Å². The largest absolute Gasteiger partial charge is 0.469 e. The van der Waals surface area contributed by atoms with Gasteiger partial charge in [-0.2, -0.15) is 5.26 Å². The molecule has 0 heterocycles. The molecule has 0 amide bonds. The number of Topliss-reactive ketones (excluding diaryl/α,β-unsaturated/α-hetero) is 1. The summed E-state index contributed by atoms with van der Waals surface area (Å²) in [6.07, 6.45) is 9.58. The van der Waals surface area contributed by atoms with E-state index in [1.807, 2.05) is 19.9 Å². The van der Waals surface area contributed by atoms with E-state index in [1.54, 1.807) is 0 Å². The number of nitriles is 1.